The molecule has 18 heavy (non-hydrogen) atoms. The van der Waals surface area contributed by atoms with Gasteiger partial charge in [-0.2, -0.15) is 0 Å². The number of phenolic OH excluding ortho intramolecular Hbond substituents is 2. The number of hydrogen-bond donors (Lipinski definition) is 2. The quantitative estimate of drug-likeness (QED) is 0.673. The van der Waals surface area contributed by atoms with Crippen molar-refractivity contribution in [1.82, 2.24) is 0 Å². The van der Waals surface area contributed by atoms with Crippen molar-refractivity contribution in [3.8, 4) is 32.4 Å². The highest BCUT2D eigenvalue weighted by molar-refractivity contribution is 7.14. The minimum Gasteiger partial charge on any atom is -0.504 e. The van der Waals surface area contributed by atoms with Crippen LogP contribution in [-0.4, -0.2) is 10.2 Å². The van der Waals surface area contributed by atoms with E-state index in [2.05, 4.69) is 0 Å². The molecule has 0 bridgehead atoms. The molecular weight excluding hydrogens is 264 g/mol. The van der Waals surface area contributed by atoms with Crippen molar-refractivity contribution in [2.45, 2.75) is 0 Å². The number of rotatable bonds is 2. The van der Waals surface area contributed by atoms with Crippen LogP contribution in [0.4, 0.5) is 0 Å². The summed E-state index contributed by atoms with van der Waals surface area (Å²) in [6, 6.07) is 11.4. The molecule has 3 aromatic rings. The molecule has 0 unspecified atom stereocenters. The Hall–Kier alpha value is -1.78. The lowest BCUT2D eigenvalue weighted by atomic mass is 10.1. The van der Waals surface area contributed by atoms with E-state index >= 15 is 0 Å². The highest BCUT2D eigenvalue weighted by Gasteiger charge is 2.15. The molecule has 2 aromatic heterocycles. The van der Waals surface area contributed by atoms with Gasteiger partial charge in [-0.05, 0) is 35.0 Å². The van der Waals surface area contributed by atoms with Gasteiger partial charge in [0.25, 0.3) is 0 Å². The first-order valence-corrected chi connectivity index (χ1v) is 7.16. The van der Waals surface area contributed by atoms with Crippen LogP contribution in [0.25, 0.3) is 20.9 Å². The first kappa shape index (κ1) is 11.3. The first-order valence-electron chi connectivity index (χ1n) is 5.40. The molecule has 0 aliphatic carbocycles. The molecule has 0 saturated heterocycles. The molecule has 3 rings (SSSR count). The van der Waals surface area contributed by atoms with Gasteiger partial charge >= 0.3 is 0 Å². The van der Waals surface area contributed by atoms with Crippen molar-refractivity contribution in [3.63, 3.8) is 0 Å². The first-order chi connectivity index (χ1) is 8.77. The summed E-state index contributed by atoms with van der Waals surface area (Å²) in [4.78, 5) is 1.89. The van der Waals surface area contributed by atoms with Gasteiger partial charge in [0.2, 0.25) is 0 Å². The zero-order valence-electron chi connectivity index (χ0n) is 9.33. The predicted octanol–water partition coefficient (Wildman–Crippen LogP) is 4.55. The SMILES string of the molecule is Oc1c(-c2cccs2)ccc(-c2cccs2)c1O. The number of thiophene rings is 2. The summed E-state index contributed by atoms with van der Waals surface area (Å²) in [7, 11) is 0. The van der Waals surface area contributed by atoms with Crippen LogP contribution in [0.2, 0.25) is 0 Å². The summed E-state index contributed by atoms with van der Waals surface area (Å²) in [5.41, 5.74) is 1.34. The van der Waals surface area contributed by atoms with E-state index in [0.29, 0.717) is 11.1 Å². The molecule has 90 valence electrons. The Morgan fingerprint density at radius 2 is 1.11 bits per heavy atom. The fraction of sp³-hybridized carbons (Fsp3) is 0. The maximum atomic E-state index is 10.1. The fourth-order valence-corrected chi connectivity index (χ4v) is 3.35. The highest BCUT2D eigenvalue weighted by atomic mass is 32.1. The van der Waals surface area contributed by atoms with Gasteiger partial charge in [0.1, 0.15) is 0 Å². The van der Waals surface area contributed by atoms with Gasteiger partial charge in [0.05, 0.1) is 0 Å². The lowest BCUT2D eigenvalue weighted by molar-refractivity contribution is 0.407. The molecule has 0 amide bonds. The number of hydrogen-bond acceptors (Lipinski definition) is 4. The van der Waals surface area contributed by atoms with Crippen LogP contribution in [0.15, 0.2) is 47.2 Å². The van der Waals surface area contributed by atoms with Crippen molar-refractivity contribution in [1.29, 1.82) is 0 Å². The maximum Gasteiger partial charge on any atom is 0.166 e. The van der Waals surface area contributed by atoms with Crippen LogP contribution in [-0.2, 0) is 0 Å². The van der Waals surface area contributed by atoms with Crippen molar-refractivity contribution in [2.75, 3.05) is 0 Å². The average molecular weight is 274 g/mol. The van der Waals surface area contributed by atoms with Gasteiger partial charge in [-0.15, -0.1) is 22.7 Å². The van der Waals surface area contributed by atoms with E-state index in [1.807, 2.05) is 47.2 Å². The molecule has 0 radical (unpaired) electrons. The van der Waals surface area contributed by atoms with Gasteiger partial charge in [-0.3, -0.25) is 0 Å². The van der Waals surface area contributed by atoms with Crippen LogP contribution in [0, 0.1) is 0 Å². The van der Waals surface area contributed by atoms with Crippen LogP contribution < -0.4 is 0 Å². The molecule has 0 aliphatic rings. The van der Waals surface area contributed by atoms with Crippen LogP contribution in [0.3, 0.4) is 0 Å². The summed E-state index contributed by atoms with van der Waals surface area (Å²) < 4.78 is 0. The lowest BCUT2D eigenvalue weighted by Gasteiger charge is -2.08. The summed E-state index contributed by atoms with van der Waals surface area (Å²) >= 11 is 3.07. The Morgan fingerprint density at radius 3 is 1.44 bits per heavy atom. The fourth-order valence-electron chi connectivity index (χ4n) is 1.84. The second-order valence-electron chi connectivity index (χ2n) is 3.81. The van der Waals surface area contributed by atoms with Crippen molar-refractivity contribution in [2.24, 2.45) is 0 Å². The highest BCUT2D eigenvalue weighted by Crippen LogP contribution is 2.45. The molecule has 0 spiro atoms. The third-order valence-corrected chi connectivity index (χ3v) is 4.53. The van der Waals surface area contributed by atoms with E-state index in [0.717, 1.165) is 9.75 Å². The Kier molecular flexibility index (Phi) is 2.81. The van der Waals surface area contributed by atoms with Gasteiger partial charge in [-0.25, -0.2) is 0 Å². The minimum atomic E-state index is -0.0525. The molecule has 0 aliphatic heterocycles. The van der Waals surface area contributed by atoms with Crippen molar-refractivity contribution in [3.05, 3.63) is 47.2 Å². The normalized spacial score (nSPS) is 10.7. The molecule has 0 saturated carbocycles. The van der Waals surface area contributed by atoms with Gasteiger partial charge in [-0.1, -0.05) is 12.1 Å². The molecular formula is C14H10O2S2. The Labute approximate surface area is 112 Å². The predicted molar refractivity (Wildman–Crippen MR) is 76.4 cm³/mol. The zero-order chi connectivity index (χ0) is 12.5. The second-order valence-corrected chi connectivity index (χ2v) is 5.71. The Balaban J connectivity index is 2.15. The summed E-state index contributed by atoms with van der Waals surface area (Å²) in [6.45, 7) is 0. The monoisotopic (exact) mass is 274 g/mol. The van der Waals surface area contributed by atoms with E-state index in [1.54, 1.807) is 0 Å². The maximum absolute atomic E-state index is 10.1. The molecule has 4 heteroatoms. The van der Waals surface area contributed by atoms with E-state index in [1.165, 1.54) is 22.7 Å². The summed E-state index contributed by atoms with van der Waals surface area (Å²) in [6.07, 6.45) is 0. The van der Waals surface area contributed by atoms with Crippen LogP contribution >= 0.6 is 22.7 Å². The van der Waals surface area contributed by atoms with E-state index < -0.39 is 0 Å². The van der Waals surface area contributed by atoms with Crippen molar-refractivity contribution < 1.29 is 10.2 Å². The topological polar surface area (TPSA) is 40.5 Å². The molecule has 2 nitrogen and oxygen atoms in total. The summed E-state index contributed by atoms with van der Waals surface area (Å²) in [5, 5.41) is 24.1. The number of benzene rings is 1. The van der Waals surface area contributed by atoms with E-state index in [9.17, 15) is 10.2 Å². The molecule has 2 N–H and O–H groups in total. The molecule has 2 heterocycles. The Morgan fingerprint density at radius 1 is 0.667 bits per heavy atom. The average Bonchev–Trinajstić information content (AvgIpc) is 3.03. The lowest BCUT2D eigenvalue weighted by Crippen LogP contribution is -1.80. The van der Waals surface area contributed by atoms with Gasteiger partial charge < -0.3 is 10.2 Å². The van der Waals surface area contributed by atoms with Gasteiger partial charge in [0.15, 0.2) is 11.5 Å². The molecule has 1 aromatic carbocycles. The van der Waals surface area contributed by atoms with Gasteiger partial charge in [0, 0.05) is 20.9 Å². The van der Waals surface area contributed by atoms with Crippen LogP contribution in [0.5, 0.6) is 11.5 Å². The largest absolute Gasteiger partial charge is 0.504 e. The second kappa shape index (κ2) is 4.48. The zero-order valence-corrected chi connectivity index (χ0v) is 11.0. The standard InChI is InChI=1S/C14H10O2S2/c15-13-9(11-3-1-7-17-11)5-6-10(14(13)16)12-4-2-8-18-12/h1-8,15-16H. The molecule has 0 fully saturated rings. The summed E-state index contributed by atoms with van der Waals surface area (Å²) in [5.74, 6) is -0.105. The van der Waals surface area contributed by atoms with E-state index in [4.69, 9.17) is 0 Å². The smallest absolute Gasteiger partial charge is 0.166 e. The third-order valence-electron chi connectivity index (χ3n) is 2.72. The van der Waals surface area contributed by atoms with E-state index in [-0.39, 0.29) is 11.5 Å². The number of aromatic hydroxyl groups is 2. The molecule has 0 atom stereocenters. The Bertz CT molecular complexity index is 596. The minimum absolute atomic E-state index is 0.0525. The van der Waals surface area contributed by atoms with Crippen molar-refractivity contribution >= 4 is 22.7 Å². The number of phenols is 2. The van der Waals surface area contributed by atoms with Crippen LogP contribution in [0.1, 0.15) is 0 Å². The third kappa shape index (κ3) is 1.79.